The summed E-state index contributed by atoms with van der Waals surface area (Å²) in [4.78, 5) is 0. The fraction of sp³-hybridized carbons (Fsp3) is 0.143. The molecule has 0 saturated carbocycles. The van der Waals surface area contributed by atoms with Crippen molar-refractivity contribution in [3.05, 3.63) is 30.3 Å². The van der Waals surface area contributed by atoms with Gasteiger partial charge < -0.3 is 0 Å². The molecule has 0 aliphatic heterocycles. The zero-order valence-corrected chi connectivity index (χ0v) is 5.50. The van der Waals surface area contributed by atoms with Gasteiger partial charge in [-0.25, -0.2) is 10.2 Å². The Morgan fingerprint density at radius 3 is 2.40 bits per heavy atom. The van der Waals surface area contributed by atoms with Crippen molar-refractivity contribution in [1.82, 2.24) is 0 Å². The minimum absolute atomic E-state index is 0.663. The van der Waals surface area contributed by atoms with Crippen LogP contribution in [-0.4, -0.2) is 6.80 Å². The van der Waals surface area contributed by atoms with Gasteiger partial charge in [0.2, 0.25) is 0 Å². The summed E-state index contributed by atoms with van der Waals surface area (Å²) < 4.78 is 11.9. The number of para-hydroxylation sites is 1. The second-order valence-corrected chi connectivity index (χ2v) is 1.92. The molecule has 0 unspecified atom stereocenters. The van der Waals surface area contributed by atoms with Crippen molar-refractivity contribution in [1.29, 1.82) is 0 Å². The molecule has 2 nitrogen and oxygen atoms in total. The van der Waals surface area contributed by atoms with Gasteiger partial charge in [-0.3, -0.25) is 5.01 Å². The molecule has 54 valence electrons. The summed E-state index contributed by atoms with van der Waals surface area (Å²) in [6.45, 7) is -0.663. The monoisotopic (exact) mass is 140 g/mol. The Morgan fingerprint density at radius 1 is 1.30 bits per heavy atom. The van der Waals surface area contributed by atoms with Crippen LogP contribution in [0, 0.1) is 0 Å². The van der Waals surface area contributed by atoms with E-state index in [0.717, 1.165) is 5.01 Å². The highest BCUT2D eigenvalue weighted by atomic mass is 19.1. The molecule has 0 saturated heterocycles. The highest BCUT2D eigenvalue weighted by Gasteiger charge is 1.95. The summed E-state index contributed by atoms with van der Waals surface area (Å²) in [5.41, 5.74) is 0.685. The molecule has 2 N–H and O–H groups in total. The number of halogens is 1. The zero-order chi connectivity index (χ0) is 7.40. The third-order valence-electron chi connectivity index (χ3n) is 1.22. The first kappa shape index (κ1) is 7.02. The van der Waals surface area contributed by atoms with Gasteiger partial charge in [0, 0.05) is 0 Å². The highest BCUT2D eigenvalue weighted by Crippen LogP contribution is 2.07. The van der Waals surface area contributed by atoms with Gasteiger partial charge in [0.05, 0.1) is 5.69 Å². The van der Waals surface area contributed by atoms with Crippen molar-refractivity contribution in [3.63, 3.8) is 0 Å². The first-order chi connectivity index (χ1) is 4.84. The minimum atomic E-state index is -0.663. The third-order valence-corrected chi connectivity index (χ3v) is 1.22. The predicted octanol–water partition coefficient (Wildman–Crippen LogP) is 1.29. The van der Waals surface area contributed by atoms with E-state index in [4.69, 9.17) is 5.84 Å². The van der Waals surface area contributed by atoms with Crippen LogP contribution in [0.3, 0.4) is 0 Å². The molecule has 0 aromatic heterocycles. The Kier molecular flexibility index (Phi) is 2.23. The van der Waals surface area contributed by atoms with Crippen molar-refractivity contribution >= 4 is 5.69 Å². The minimum Gasteiger partial charge on any atom is -0.281 e. The van der Waals surface area contributed by atoms with E-state index >= 15 is 0 Å². The van der Waals surface area contributed by atoms with E-state index in [0.29, 0.717) is 5.69 Å². The first-order valence-corrected chi connectivity index (χ1v) is 2.98. The number of benzene rings is 1. The average Bonchev–Trinajstić information content (AvgIpc) is 2.05. The van der Waals surface area contributed by atoms with Crippen molar-refractivity contribution in [2.45, 2.75) is 0 Å². The van der Waals surface area contributed by atoms with Crippen molar-refractivity contribution in [2.75, 3.05) is 11.8 Å². The number of anilines is 1. The van der Waals surface area contributed by atoms with Crippen LogP contribution in [-0.2, 0) is 0 Å². The van der Waals surface area contributed by atoms with Gasteiger partial charge in [-0.1, -0.05) is 18.2 Å². The van der Waals surface area contributed by atoms with Crippen LogP contribution in [0.2, 0.25) is 0 Å². The summed E-state index contributed by atoms with van der Waals surface area (Å²) in [6.07, 6.45) is 0. The first-order valence-electron chi connectivity index (χ1n) is 2.98. The van der Waals surface area contributed by atoms with E-state index in [1.807, 2.05) is 18.2 Å². The second-order valence-electron chi connectivity index (χ2n) is 1.92. The van der Waals surface area contributed by atoms with Crippen molar-refractivity contribution < 1.29 is 4.39 Å². The molecule has 0 aliphatic carbocycles. The van der Waals surface area contributed by atoms with Gasteiger partial charge in [-0.15, -0.1) is 0 Å². The van der Waals surface area contributed by atoms with E-state index in [-0.39, 0.29) is 0 Å². The molecule has 1 aromatic rings. The number of hydrogen-bond acceptors (Lipinski definition) is 2. The van der Waals surface area contributed by atoms with Gasteiger partial charge in [-0.05, 0) is 12.1 Å². The molecule has 0 amide bonds. The van der Waals surface area contributed by atoms with Gasteiger partial charge >= 0.3 is 0 Å². The fourth-order valence-electron chi connectivity index (χ4n) is 0.688. The van der Waals surface area contributed by atoms with Crippen LogP contribution in [0.1, 0.15) is 0 Å². The maximum absolute atomic E-state index is 11.9. The third kappa shape index (κ3) is 1.45. The van der Waals surface area contributed by atoms with Gasteiger partial charge in [0.15, 0.2) is 6.80 Å². The average molecular weight is 140 g/mol. The number of nitrogens with zero attached hydrogens (tertiary/aromatic N) is 1. The summed E-state index contributed by atoms with van der Waals surface area (Å²) in [6, 6.07) is 8.98. The quantitative estimate of drug-likeness (QED) is 0.381. The van der Waals surface area contributed by atoms with Gasteiger partial charge in [-0.2, -0.15) is 0 Å². The lowest BCUT2D eigenvalue weighted by Crippen LogP contribution is -2.29. The fourth-order valence-corrected chi connectivity index (χ4v) is 0.688. The predicted molar refractivity (Wildman–Crippen MR) is 39.1 cm³/mol. The highest BCUT2D eigenvalue weighted by molar-refractivity contribution is 5.43. The van der Waals surface area contributed by atoms with Crippen molar-refractivity contribution in [3.8, 4) is 0 Å². The lowest BCUT2D eigenvalue weighted by Gasteiger charge is -2.12. The SMILES string of the molecule is NN(CF)c1ccccc1. The van der Waals surface area contributed by atoms with Crippen LogP contribution in [0.4, 0.5) is 10.1 Å². The molecular weight excluding hydrogens is 131 g/mol. The smallest absolute Gasteiger partial charge is 0.175 e. The summed E-state index contributed by atoms with van der Waals surface area (Å²) >= 11 is 0. The topological polar surface area (TPSA) is 29.3 Å². The normalized spacial score (nSPS) is 9.40. The standard InChI is InChI=1S/C7H9FN2/c8-6-10(9)7-4-2-1-3-5-7/h1-5H,6,9H2. The molecule has 10 heavy (non-hydrogen) atoms. The second kappa shape index (κ2) is 3.17. The Morgan fingerprint density at radius 2 is 1.90 bits per heavy atom. The van der Waals surface area contributed by atoms with E-state index in [9.17, 15) is 4.39 Å². The van der Waals surface area contributed by atoms with E-state index in [1.54, 1.807) is 12.1 Å². The molecule has 1 aromatic carbocycles. The molecule has 0 aliphatic rings. The van der Waals surface area contributed by atoms with Crippen LogP contribution >= 0.6 is 0 Å². The lowest BCUT2D eigenvalue weighted by atomic mass is 10.3. The zero-order valence-electron chi connectivity index (χ0n) is 5.50. The maximum atomic E-state index is 11.9. The summed E-state index contributed by atoms with van der Waals surface area (Å²) in [5.74, 6) is 5.25. The van der Waals surface area contributed by atoms with Crippen LogP contribution < -0.4 is 10.9 Å². The Balaban J connectivity index is 2.75. The van der Waals surface area contributed by atoms with Crippen molar-refractivity contribution in [2.24, 2.45) is 5.84 Å². The molecule has 0 bridgehead atoms. The largest absolute Gasteiger partial charge is 0.281 e. The maximum Gasteiger partial charge on any atom is 0.175 e. The molecule has 3 heteroatoms. The Bertz CT molecular complexity index is 188. The number of hydrazine groups is 1. The molecule has 0 atom stereocenters. The number of rotatable bonds is 2. The number of hydrogen-bond donors (Lipinski definition) is 1. The Labute approximate surface area is 59.0 Å². The van der Waals surface area contributed by atoms with Crippen LogP contribution in [0.5, 0.6) is 0 Å². The lowest BCUT2D eigenvalue weighted by molar-refractivity contribution is 0.479. The van der Waals surface area contributed by atoms with E-state index < -0.39 is 6.80 Å². The van der Waals surface area contributed by atoms with E-state index in [2.05, 4.69) is 0 Å². The summed E-state index contributed by atoms with van der Waals surface area (Å²) in [7, 11) is 0. The molecular formula is C7H9FN2. The van der Waals surface area contributed by atoms with E-state index in [1.165, 1.54) is 0 Å². The van der Waals surface area contributed by atoms with Gasteiger partial charge in [0.25, 0.3) is 0 Å². The molecule has 0 heterocycles. The Hall–Kier alpha value is -1.09. The molecule has 0 radical (unpaired) electrons. The van der Waals surface area contributed by atoms with Crippen LogP contribution in [0.25, 0.3) is 0 Å². The van der Waals surface area contributed by atoms with Gasteiger partial charge in [0.1, 0.15) is 0 Å². The molecule has 1 rings (SSSR count). The van der Waals surface area contributed by atoms with Crippen LogP contribution in [0.15, 0.2) is 30.3 Å². The number of alkyl halides is 1. The summed E-state index contributed by atoms with van der Waals surface area (Å²) in [5, 5.41) is 1.04. The number of nitrogens with two attached hydrogens (primary N) is 1. The molecule has 0 fully saturated rings. The molecule has 0 spiro atoms.